The van der Waals surface area contributed by atoms with Crippen LogP contribution >= 0.6 is 0 Å². The highest BCUT2D eigenvalue weighted by atomic mass is 16.5. The SMILES string of the molecule is COC(=O)C[C@H](NC(=O)[C@@H](N)Cc1ccccc1)C(=O)O. The van der Waals surface area contributed by atoms with Gasteiger partial charge in [0, 0.05) is 0 Å². The zero-order valence-corrected chi connectivity index (χ0v) is 11.6. The Bertz CT molecular complexity index is 503. The third-order valence-corrected chi connectivity index (χ3v) is 2.85. The molecule has 1 aromatic rings. The molecular weight excluding hydrogens is 276 g/mol. The van der Waals surface area contributed by atoms with Crippen molar-refractivity contribution in [1.29, 1.82) is 0 Å². The monoisotopic (exact) mass is 294 g/mol. The topological polar surface area (TPSA) is 119 Å². The molecule has 114 valence electrons. The largest absolute Gasteiger partial charge is 0.480 e. The minimum atomic E-state index is -1.35. The smallest absolute Gasteiger partial charge is 0.326 e. The molecule has 0 saturated carbocycles. The average Bonchev–Trinajstić information content (AvgIpc) is 2.47. The number of nitrogens with one attached hydrogen (secondary N) is 1. The number of carbonyl (C=O) groups excluding carboxylic acids is 2. The molecule has 4 N–H and O–H groups in total. The van der Waals surface area contributed by atoms with E-state index in [4.69, 9.17) is 10.8 Å². The maximum absolute atomic E-state index is 11.9. The Labute approximate surface area is 122 Å². The van der Waals surface area contributed by atoms with Crippen LogP contribution in [0.4, 0.5) is 0 Å². The predicted molar refractivity (Wildman–Crippen MR) is 74.3 cm³/mol. The number of hydrogen-bond acceptors (Lipinski definition) is 5. The molecule has 7 heteroatoms. The van der Waals surface area contributed by atoms with Gasteiger partial charge in [0.05, 0.1) is 19.6 Å². The summed E-state index contributed by atoms with van der Waals surface area (Å²) in [5.74, 6) is -2.67. The lowest BCUT2D eigenvalue weighted by Crippen LogP contribution is -2.50. The van der Waals surface area contributed by atoms with Crippen LogP contribution in [0, 0.1) is 0 Å². The van der Waals surface area contributed by atoms with E-state index in [1.54, 1.807) is 0 Å². The first-order valence-corrected chi connectivity index (χ1v) is 6.33. The van der Waals surface area contributed by atoms with Crippen molar-refractivity contribution in [1.82, 2.24) is 5.32 Å². The van der Waals surface area contributed by atoms with Gasteiger partial charge in [-0.05, 0) is 12.0 Å². The first kappa shape index (κ1) is 16.6. The number of amides is 1. The Morgan fingerprint density at radius 2 is 1.90 bits per heavy atom. The van der Waals surface area contributed by atoms with E-state index in [1.807, 2.05) is 30.3 Å². The van der Waals surface area contributed by atoms with Gasteiger partial charge in [-0.2, -0.15) is 0 Å². The molecule has 0 saturated heterocycles. The van der Waals surface area contributed by atoms with E-state index in [0.29, 0.717) is 0 Å². The molecule has 0 aliphatic heterocycles. The fraction of sp³-hybridized carbons (Fsp3) is 0.357. The normalized spacial score (nSPS) is 13.0. The van der Waals surface area contributed by atoms with Gasteiger partial charge < -0.3 is 20.9 Å². The number of methoxy groups -OCH3 is 1. The van der Waals surface area contributed by atoms with Crippen molar-refractivity contribution in [3.8, 4) is 0 Å². The van der Waals surface area contributed by atoms with E-state index >= 15 is 0 Å². The molecule has 7 nitrogen and oxygen atoms in total. The van der Waals surface area contributed by atoms with Crippen molar-refractivity contribution < 1.29 is 24.2 Å². The Balaban J connectivity index is 2.60. The van der Waals surface area contributed by atoms with Crippen molar-refractivity contribution in [3.05, 3.63) is 35.9 Å². The number of carbonyl (C=O) groups is 3. The highest BCUT2D eigenvalue weighted by Crippen LogP contribution is 2.03. The van der Waals surface area contributed by atoms with E-state index in [1.165, 1.54) is 0 Å². The first-order chi connectivity index (χ1) is 9.93. The van der Waals surface area contributed by atoms with E-state index in [2.05, 4.69) is 10.1 Å². The van der Waals surface area contributed by atoms with Crippen molar-refractivity contribution >= 4 is 17.8 Å². The van der Waals surface area contributed by atoms with Crippen LogP contribution in [0.3, 0.4) is 0 Å². The van der Waals surface area contributed by atoms with Gasteiger partial charge in [0.15, 0.2) is 0 Å². The summed E-state index contributed by atoms with van der Waals surface area (Å²) < 4.78 is 4.38. The number of carboxylic acids is 1. The van der Waals surface area contributed by atoms with Crippen molar-refractivity contribution in [2.45, 2.75) is 24.9 Å². The first-order valence-electron chi connectivity index (χ1n) is 6.33. The minimum Gasteiger partial charge on any atom is -0.480 e. The number of benzene rings is 1. The van der Waals surface area contributed by atoms with Crippen molar-refractivity contribution in [2.75, 3.05) is 7.11 Å². The number of nitrogens with two attached hydrogens (primary N) is 1. The molecule has 0 radical (unpaired) electrons. The lowest BCUT2D eigenvalue weighted by molar-refractivity contribution is -0.148. The van der Waals surface area contributed by atoms with Crippen LogP contribution in [-0.4, -0.2) is 42.1 Å². The van der Waals surface area contributed by atoms with Crippen LogP contribution in [-0.2, 0) is 25.5 Å². The molecule has 0 bridgehead atoms. The van der Waals surface area contributed by atoms with Gasteiger partial charge in [-0.25, -0.2) is 4.79 Å². The van der Waals surface area contributed by atoms with Crippen LogP contribution in [0.2, 0.25) is 0 Å². The molecule has 0 spiro atoms. The van der Waals surface area contributed by atoms with Crippen LogP contribution in [0.15, 0.2) is 30.3 Å². The van der Waals surface area contributed by atoms with Gasteiger partial charge >= 0.3 is 11.9 Å². The van der Waals surface area contributed by atoms with Crippen LogP contribution in [0.25, 0.3) is 0 Å². The van der Waals surface area contributed by atoms with Gasteiger partial charge in [-0.15, -0.1) is 0 Å². The maximum Gasteiger partial charge on any atom is 0.326 e. The number of aliphatic carboxylic acids is 1. The molecule has 1 amide bonds. The Morgan fingerprint density at radius 3 is 2.43 bits per heavy atom. The lowest BCUT2D eigenvalue weighted by Gasteiger charge is -2.17. The molecule has 1 aromatic carbocycles. The Morgan fingerprint density at radius 1 is 1.29 bits per heavy atom. The molecule has 21 heavy (non-hydrogen) atoms. The molecule has 0 heterocycles. The molecule has 1 rings (SSSR count). The number of rotatable bonds is 7. The highest BCUT2D eigenvalue weighted by molar-refractivity contribution is 5.89. The summed E-state index contributed by atoms with van der Waals surface area (Å²) in [5.41, 5.74) is 6.60. The maximum atomic E-state index is 11.9. The summed E-state index contributed by atoms with van der Waals surface area (Å²) in [6, 6.07) is 6.85. The van der Waals surface area contributed by atoms with E-state index in [-0.39, 0.29) is 6.42 Å². The quantitative estimate of drug-likeness (QED) is 0.593. The molecule has 0 fully saturated rings. The Kier molecular flexibility index (Phi) is 6.35. The molecule has 0 aliphatic rings. The average molecular weight is 294 g/mol. The van der Waals surface area contributed by atoms with Crippen LogP contribution in [0.1, 0.15) is 12.0 Å². The van der Waals surface area contributed by atoms with E-state index in [0.717, 1.165) is 12.7 Å². The van der Waals surface area contributed by atoms with Crippen molar-refractivity contribution in [2.24, 2.45) is 5.73 Å². The molecule has 0 aliphatic carbocycles. The van der Waals surface area contributed by atoms with Gasteiger partial charge in [-0.1, -0.05) is 30.3 Å². The third kappa shape index (κ3) is 5.62. The van der Waals surface area contributed by atoms with Gasteiger partial charge in [0.2, 0.25) is 5.91 Å². The second-order valence-electron chi connectivity index (χ2n) is 4.48. The second kappa shape index (κ2) is 8.01. The second-order valence-corrected chi connectivity index (χ2v) is 4.48. The summed E-state index contributed by atoms with van der Waals surface area (Å²) in [6.07, 6.45) is -0.174. The fourth-order valence-corrected chi connectivity index (χ4v) is 1.69. The lowest BCUT2D eigenvalue weighted by atomic mass is 10.1. The zero-order valence-electron chi connectivity index (χ0n) is 11.6. The summed E-state index contributed by atoms with van der Waals surface area (Å²) >= 11 is 0. The Hall–Kier alpha value is -2.41. The minimum absolute atomic E-state index is 0.275. The number of esters is 1. The summed E-state index contributed by atoms with van der Waals surface area (Å²) in [5, 5.41) is 11.2. The van der Waals surface area contributed by atoms with Gasteiger partial charge in [0.1, 0.15) is 6.04 Å². The molecule has 2 atom stereocenters. The number of hydrogen-bond donors (Lipinski definition) is 3. The predicted octanol–water partition coefficient (Wildman–Crippen LogP) is -0.311. The summed E-state index contributed by atoms with van der Waals surface area (Å²) in [4.78, 5) is 34.0. The zero-order chi connectivity index (χ0) is 15.8. The molecular formula is C14H18N2O5. The van der Waals surface area contributed by atoms with Gasteiger partial charge in [0.25, 0.3) is 0 Å². The van der Waals surface area contributed by atoms with E-state index in [9.17, 15) is 14.4 Å². The van der Waals surface area contributed by atoms with Gasteiger partial charge in [-0.3, -0.25) is 9.59 Å². The van der Waals surface area contributed by atoms with E-state index < -0.39 is 36.4 Å². The summed E-state index contributed by atoms with van der Waals surface area (Å²) in [7, 11) is 1.14. The number of carboxylic acid groups (broad SMARTS) is 1. The van der Waals surface area contributed by atoms with Crippen LogP contribution < -0.4 is 11.1 Å². The molecule has 0 unspecified atom stereocenters. The number of ether oxygens (including phenoxy) is 1. The standard InChI is InChI=1S/C14H18N2O5/c1-21-12(17)8-11(14(19)20)16-13(18)10(15)7-9-5-3-2-4-6-9/h2-6,10-11H,7-8,15H2,1H3,(H,16,18)(H,19,20)/t10-,11-/m0/s1. The van der Waals surface area contributed by atoms with Crippen LogP contribution in [0.5, 0.6) is 0 Å². The highest BCUT2D eigenvalue weighted by Gasteiger charge is 2.26. The third-order valence-electron chi connectivity index (χ3n) is 2.85. The van der Waals surface area contributed by atoms with Crippen molar-refractivity contribution in [3.63, 3.8) is 0 Å². The molecule has 0 aromatic heterocycles. The fourth-order valence-electron chi connectivity index (χ4n) is 1.69. The summed E-state index contributed by atoms with van der Waals surface area (Å²) in [6.45, 7) is 0.